The molecule has 1 unspecified atom stereocenters. The van der Waals surface area contributed by atoms with E-state index in [0.29, 0.717) is 0 Å². The third-order valence-electron chi connectivity index (χ3n) is 5.11. The highest BCUT2D eigenvalue weighted by atomic mass is 16.1. The molecule has 2 N–H and O–H groups in total. The molecule has 142 valence electrons. The number of hydrogen-bond acceptors (Lipinski definition) is 3. The minimum atomic E-state index is 0.0471. The maximum absolute atomic E-state index is 12.6. The van der Waals surface area contributed by atoms with E-state index in [2.05, 4.69) is 39.8 Å². The number of para-hydroxylation sites is 1. The highest BCUT2D eigenvalue weighted by molar-refractivity contribution is 5.93. The van der Waals surface area contributed by atoms with Gasteiger partial charge in [-0.3, -0.25) is 9.69 Å². The summed E-state index contributed by atoms with van der Waals surface area (Å²) in [6.07, 6.45) is 0.909. The van der Waals surface area contributed by atoms with Crippen LogP contribution in [0.1, 0.15) is 12.0 Å². The van der Waals surface area contributed by atoms with Crippen molar-refractivity contribution in [3.63, 3.8) is 0 Å². The van der Waals surface area contributed by atoms with E-state index in [9.17, 15) is 4.79 Å². The van der Waals surface area contributed by atoms with Gasteiger partial charge in [0.25, 0.3) is 0 Å². The molecule has 0 bridgehead atoms. The molecule has 1 aliphatic heterocycles. The Morgan fingerprint density at radius 3 is 2.14 bits per heavy atom. The van der Waals surface area contributed by atoms with Crippen LogP contribution in [0.25, 0.3) is 0 Å². The zero-order valence-corrected chi connectivity index (χ0v) is 15.8. The Morgan fingerprint density at radius 1 is 0.821 bits per heavy atom. The number of nitrogens with zero attached hydrogens (tertiary/aromatic N) is 1. The second kappa shape index (κ2) is 8.72. The Balaban J connectivity index is 1.29. The molecule has 0 spiro atoms. The summed E-state index contributed by atoms with van der Waals surface area (Å²) in [5.74, 6) is 0.158. The lowest BCUT2D eigenvalue weighted by Gasteiger charge is -2.16. The van der Waals surface area contributed by atoms with Crippen LogP contribution >= 0.6 is 0 Å². The fourth-order valence-electron chi connectivity index (χ4n) is 3.60. The number of benzene rings is 3. The normalized spacial score (nSPS) is 16.6. The average molecular weight is 371 g/mol. The van der Waals surface area contributed by atoms with Crippen LogP contribution < -0.4 is 10.6 Å². The minimum absolute atomic E-state index is 0.0471. The molecule has 0 aliphatic carbocycles. The average Bonchev–Trinajstić information content (AvgIpc) is 3.20. The smallest absolute Gasteiger partial charge is 0.228 e. The molecule has 1 heterocycles. The lowest BCUT2D eigenvalue weighted by atomic mass is 10.1. The lowest BCUT2D eigenvalue weighted by Crippen LogP contribution is -2.26. The number of amides is 1. The Kier molecular flexibility index (Phi) is 5.69. The van der Waals surface area contributed by atoms with E-state index in [-0.39, 0.29) is 11.8 Å². The standard InChI is InChI=1S/C24H25N3O/c28-24(20-15-16-27(18-20)17-19-7-3-1-4-8-19)26-23-13-11-22(12-14-23)25-21-9-5-2-6-10-21/h1-14,20,25H,15-18H2,(H,26,28). The summed E-state index contributed by atoms with van der Waals surface area (Å²) in [5.41, 5.74) is 4.18. The van der Waals surface area contributed by atoms with Crippen LogP contribution in [0.15, 0.2) is 84.9 Å². The second-order valence-electron chi connectivity index (χ2n) is 7.26. The van der Waals surface area contributed by atoms with E-state index in [1.807, 2.05) is 60.7 Å². The van der Waals surface area contributed by atoms with Gasteiger partial charge in [0.2, 0.25) is 5.91 Å². The Morgan fingerprint density at radius 2 is 1.43 bits per heavy atom. The molecule has 0 radical (unpaired) electrons. The van der Waals surface area contributed by atoms with Gasteiger partial charge >= 0.3 is 0 Å². The molecule has 1 amide bonds. The molecule has 3 aromatic carbocycles. The molecule has 3 aromatic rings. The highest BCUT2D eigenvalue weighted by Crippen LogP contribution is 2.22. The summed E-state index contributed by atoms with van der Waals surface area (Å²) >= 11 is 0. The van der Waals surface area contributed by atoms with Crippen molar-refractivity contribution in [2.24, 2.45) is 5.92 Å². The van der Waals surface area contributed by atoms with Gasteiger partial charge in [0.1, 0.15) is 0 Å². The summed E-state index contributed by atoms with van der Waals surface area (Å²) in [6.45, 7) is 2.69. The molecule has 1 saturated heterocycles. The van der Waals surface area contributed by atoms with E-state index in [4.69, 9.17) is 0 Å². The van der Waals surface area contributed by atoms with Gasteiger partial charge in [-0.1, -0.05) is 48.5 Å². The van der Waals surface area contributed by atoms with Crippen molar-refractivity contribution in [3.05, 3.63) is 90.5 Å². The first-order valence-corrected chi connectivity index (χ1v) is 9.75. The van der Waals surface area contributed by atoms with Crippen LogP contribution in [0.3, 0.4) is 0 Å². The maximum Gasteiger partial charge on any atom is 0.228 e. The van der Waals surface area contributed by atoms with Gasteiger partial charge in [-0.2, -0.15) is 0 Å². The molecule has 4 nitrogen and oxygen atoms in total. The van der Waals surface area contributed by atoms with E-state index >= 15 is 0 Å². The number of nitrogens with one attached hydrogen (secondary N) is 2. The Hall–Kier alpha value is -3.11. The third kappa shape index (κ3) is 4.78. The monoisotopic (exact) mass is 371 g/mol. The minimum Gasteiger partial charge on any atom is -0.356 e. The van der Waals surface area contributed by atoms with Crippen molar-refractivity contribution in [1.82, 2.24) is 4.90 Å². The molecule has 1 atom stereocenters. The molecule has 0 saturated carbocycles. The second-order valence-corrected chi connectivity index (χ2v) is 7.26. The van der Waals surface area contributed by atoms with Crippen molar-refractivity contribution in [2.75, 3.05) is 23.7 Å². The van der Waals surface area contributed by atoms with Crippen molar-refractivity contribution in [3.8, 4) is 0 Å². The molecule has 4 rings (SSSR count). The van der Waals surface area contributed by atoms with E-state index in [1.165, 1.54) is 5.56 Å². The van der Waals surface area contributed by atoms with Crippen LogP contribution in [-0.2, 0) is 11.3 Å². The molecule has 1 fully saturated rings. The van der Waals surface area contributed by atoms with Gasteiger partial charge in [-0.05, 0) is 54.9 Å². The van der Waals surface area contributed by atoms with E-state index in [0.717, 1.165) is 43.1 Å². The SMILES string of the molecule is O=C(Nc1ccc(Nc2ccccc2)cc1)C1CCN(Cc2ccccc2)C1. The van der Waals surface area contributed by atoms with Gasteiger partial charge < -0.3 is 10.6 Å². The van der Waals surface area contributed by atoms with Crippen LogP contribution in [0.4, 0.5) is 17.1 Å². The van der Waals surface area contributed by atoms with Crippen molar-refractivity contribution in [1.29, 1.82) is 0 Å². The van der Waals surface area contributed by atoms with Crippen molar-refractivity contribution >= 4 is 23.0 Å². The first kappa shape index (κ1) is 18.3. The number of anilines is 3. The Labute approximate surface area is 166 Å². The van der Waals surface area contributed by atoms with Crippen LogP contribution in [0.2, 0.25) is 0 Å². The fourth-order valence-corrected chi connectivity index (χ4v) is 3.60. The van der Waals surface area contributed by atoms with Gasteiger partial charge in [0.05, 0.1) is 5.92 Å². The van der Waals surface area contributed by atoms with Gasteiger partial charge in [0.15, 0.2) is 0 Å². The highest BCUT2D eigenvalue weighted by Gasteiger charge is 2.28. The van der Waals surface area contributed by atoms with E-state index < -0.39 is 0 Å². The zero-order chi connectivity index (χ0) is 19.2. The largest absolute Gasteiger partial charge is 0.356 e. The van der Waals surface area contributed by atoms with Gasteiger partial charge in [0, 0.05) is 30.2 Å². The number of hydrogen-bond donors (Lipinski definition) is 2. The fraction of sp³-hybridized carbons (Fsp3) is 0.208. The molecule has 0 aromatic heterocycles. The van der Waals surface area contributed by atoms with Crippen molar-refractivity contribution < 1.29 is 4.79 Å². The molecular formula is C24H25N3O. The quantitative estimate of drug-likeness (QED) is 0.648. The summed E-state index contributed by atoms with van der Waals surface area (Å²) < 4.78 is 0. The lowest BCUT2D eigenvalue weighted by molar-refractivity contribution is -0.119. The molecule has 1 aliphatic rings. The summed E-state index contributed by atoms with van der Waals surface area (Å²) in [4.78, 5) is 15.0. The number of rotatable bonds is 6. The predicted octanol–water partition coefficient (Wildman–Crippen LogP) is 4.89. The van der Waals surface area contributed by atoms with Crippen molar-refractivity contribution in [2.45, 2.75) is 13.0 Å². The maximum atomic E-state index is 12.6. The predicted molar refractivity (Wildman–Crippen MR) is 115 cm³/mol. The number of likely N-dealkylation sites (tertiary alicyclic amines) is 1. The summed E-state index contributed by atoms with van der Waals surface area (Å²) in [6, 6.07) is 28.3. The molecule has 28 heavy (non-hydrogen) atoms. The van der Waals surface area contributed by atoms with Crippen LogP contribution in [0, 0.1) is 5.92 Å². The van der Waals surface area contributed by atoms with Crippen LogP contribution in [-0.4, -0.2) is 23.9 Å². The van der Waals surface area contributed by atoms with E-state index in [1.54, 1.807) is 0 Å². The summed E-state index contributed by atoms with van der Waals surface area (Å²) in [5, 5.41) is 6.42. The summed E-state index contributed by atoms with van der Waals surface area (Å²) in [7, 11) is 0. The Bertz CT molecular complexity index is 894. The first-order valence-electron chi connectivity index (χ1n) is 9.75. The molecule has 4 heteroatoms. The number of carbonyl (C=O) groups is 1. The van der Waals surface area contributed by atoms with Gasteiger partial charge in [-0.25, -0.2) is 0 Å². The topological polar surface area (TPSA) is 44.4 Å². The number of carbonyl (C=O) groups excluding carboxylic acids is 1. The van der Waals surface area contributed by atoms with Crippen LogP contribution in [0.5, 0.6) is 0 Å². The molecular weight excluding hydrogens is 346 g/mol. The first-order chi connectivity index (χ1) is 13.8. The third-order valence-corrected chi connectivity index (χ3v) is 5.11. The zero-order valence-electron chi connectivity index (χ0n) is 15.8. The van der Waals surface area contributed by atoms with Gasteiger partial charge in [-0.15, -0.1) is 0 Å².